The summed E-state index contributed by atoms with van der Waals surface area (Å²) in [5.74, 6) is 0.264. The van der Waals surface area contributed by atoms with Crippen molar-refractivity contribution >= 4 is 71.9 Å². The van der Waals surface area contributed by atoms with Crippen molar-refractivity contribution in [3.8, 4) is 22.3 Å². The second-order valence-corrected chi connectivity index (χ2v) is 16.7. The quantitative estimate of drug-likeness (QED) is 0.153. The Hall–Kier alpha value is -7.62. The van der Waals surface area contributed by atoms with Crippen LogP contribution in [0.1, 0.15) is 19.4 Å². The normalized spacial score (nSPS) is 15.0. The number of benzene rings is 9. The predicted octanol–water partition coefficient (Wildman–Crippen LogP) is 16.7. The van der Waals surface area contributed by atoms with E-state index < -0.39 is 0 Å². The summed E-state index contributed by atoms with van der Waals surface area (Å²) in [6, 6.07) is 70.4. The number of hydrogen-bond donors (Lipinski definition) is 0. The van der Waals surface area contributed by atoms with Crippen LogP contribution in [0.25, 0.3) is 65.7 Å². The number of furan rings is 1. The minimum absolute atomic E-state index is 0.0788. The summed E-state index contributed by atoms with van der Waals surface area (Å²) in [5, 5.41) is 6.62. The summed E-state index contributed by atoms with van der Waals surface area (Å²) in [4.78, 5) is 4.99. The van der Waals surface area contributed by atoms with Gasteiger partial charge in [-0.15, -0.1) is 0 Å². The standard InChI is InChI=1S/C59H46N2O/c1-39-17-14-24-46(33-39)60(47-25-15-22-44(35-47)42-18-6-4-7-19-42)56-37-53-54-38-57(50-28-11-13-30-52(50)59(54)62-58(53)51-29-12-10-27-49(51)56)61(55-34-40(2)31-32-41(55)3)48-26-16-23-45(36-48)43-20-8-5-9-21-43/h4-38,41,55H,1-3H3. The van der Waals surface area contributed by atoms with Crippen LogP contribution >= 0.6 is 0 Å². The smallest absolute Gasteiger partial charge is 0.143 e. The van der Waals surface area contributed by atoms with E-state index >= 15 is 0 Å². The Morgan fingerprint density at radius 2 is 0.903 bits per heavy atom. The van der Waals surface area contributed by atoms with E-state index in [4.69, 9.17) is 4.42 Å². The van der Waals surface area contributed by atoms with E-state index in [2.05, 4.69) is 243 Å². The van der Waals surface area contributed by atoms with Gasteiger partial charge in [-0.3, -0.25) is 0 Å². The van der Waals surface area contributed by atoms with Gasteiger partial charge in [-0.1, -0.05) is 176 Å². The fraction of sp³-hybridized carbons (Fsp3) is 0.0847. The van der Waals surface area contributed by atoms with Gasteiger partial charge in [0.25, 0.3) is 0 Å². The van der Waals surface area contributed by atoms with Crippen molar-refractivity contribution < 1.29 is 4.42 Å². The van der Waals surface area contributed by atoms with Crippen molar-refractivity contribution in [3.05, 3.63) is 223 Å². The highest BCUT2D eigenvalue weighted by Crippen LogP contribution is 2.49. The molecule has 0 fully saturated rings. The highest BCUT2D eigenvalue weighted by Gasteiger charge is 2.29. The minimum atomic E-state index is 0.0788. The lowest BCUT2D eigenvalue weighted by Crippen LogP contribution is -2.35. The summed E-state index contributed by atoms with van der Waals surface area (Å²) in [5.41, 5.74) is 14.6. The van der Waals surface area contributed by atoms with Crippen LogP contribution in [0.4, 0.5) is 28.4 Å². The van der Waals surface area contributed by atoms with E-state index in [0.717, 1.165) is 71.9 Å². The largest absolute Gasteiger partial charge is 0.455 e. The van der Waals surface area contributed by atoms with E-state index in [1.165, 1.54) is 33.4 Å². The van der Waals surface area contributed by atoms with Crippen molar-refractivity contribution in [3.63, 3.8) is 0 Å². The van der Waals surface area contributed by atoms with Gasteiger partial charge in [0.1, 0.15) is 11.2 Å². The summed E-state index contributed by atoms with van der Waals surface area (Å²) < 4.78 is 7.16. The number of allylic oxidation sites excluding steroid dienone is 2. The molecule has 62 heavy (non-hydrogen) atoms. The SMILES string of the molecule is CC1=CC(N(c2cccc(-c3ccccc3)c2)c2cc3c4cc(N(c5cccc(C)c5)c5cccc(-c6ccccc6)c5)c5ccccc5c4oc3c3ccccc23)C(C)C=C1. The van der Waals surface area contributed by atoms with Crippen molar-refractivity contribution in [1.29, 1.82) is 0 Å². The van der Waals surface area contributed by atoms with Gasteiger partial charge >= 0.3 is 0 Å². The zero-order valence-corrected chi connectivity index (χ0v) is 35.2. The van der Waals surface area contributed by atoms with E-state index in [1.807, 2.05) is 0 Å². The molecule has 0 N–H and O–H groups in total. The number of anilines is 5. The molecule has 298 valence electrons. The van der Waals surface area contributed by atoms with Gasteiger partial charge in [-0.2, -0.15) is 0 Å². The van der Waals surface area contributed by atoms with Crippen LogP contribution in [0.3, 0.4) is 0 Å². The van der Waals surface area contributed by atoms with E-state index in [-0.39, 0.29) is 12.0 Å². The fourth-order valence-corrected chi connectivity index (χ4v) is 9.56. The third-order valence-corrected chi connectivity index (χ3v) is 12.6. The third kappa shape index (κ3) is 6.54. The van der Waals surface area contributed by atoms with Crippen molar-refractivity contribution in [2.75, 3.05) is 9.80 Å². The van der Waals surface area contributed by atoms with Gasteiger partial charge in [0, 0.05) is 49.4 Å². The minimum Gasteiger partial charge on any atom is -0.455 e. The molecule has 0 spiro atoms. The first-order valence-corrected chi connectivity index (χ1v) is 21.6. The summed E-state index contributed by atoms with van der Waals surface area (Å²) in [7, 11) is 0. The zero-order chi connectivity index (χ0) is 41.7. The van der Waals surface area contributed by atoms with Crippen molar-refractivity contribution in [1.82, 2.24) is 0 Å². The van der Waals surface area contributed by atoms with Gasteiger partial charge in [-0.05, 0) is 96.1 Å². The van der Waals surface area contributed by atoms with Gasteiger partial charge < -0.3 is 14.2 Å². The lowest BCUT2D eigenvalue weighted by atomic mass is 9.90. The topological polar surface area (TPSA) is 19.6 Å². The highest BCUT2D eigenvalue weighted by molar-refractivity contribution is 6.25. The van der Waals surface area contributed by atoms with Gasteiger partial charge in [0.2, 0.25) is 0 Å². The number of nitrogens with zero attached hydrogens (tertiary/aromatic N) is 2. The van der Waals surface area contributed by atoms with E-state index in [9.17, 15) is 0 Å². The maximum Gasteiger partial charge on any atom is 0.143 e. The second kappa shape index (κ2) is 15.4. The predicted molar refractivity (Wildman–Crippen MR) is 263 cm³/mol. The molecular formula is C59H46N2O. The Bertz CT molecular complexity index is 3360. The third-order valence-electron chi connectivity index (χ3n) is 12.6. The molecule has 2 unspecified atom stereocenters. The first-order valence-electron chi connectivity index (χ1n) is 21.6. The number of rotatable bonds is 8. The molecular weight excluding hydrogens is 753 g/mol. The lowest BCUT2D eigenvalue weighted by molar-refractivity contribution is 0.606. The number of hydrogen-bond acceptors (Lipinski definition) is 3. The first-order chi connectivity index (χ1) is 30.5. The average Bonchev–Trinajstić information content (AvgIpc) is 3.70. The van der Waals surface area contributed by atoms with Crippen LogP contribution < -0.4 is 9.80 Å². The van der Waals surface area contributed by atoms with Gasteiger partial charge in [0.15, 0.2) is 0 Å². The Kier molecular flexibility index (Phi) is 9.31. The highest BCUT2D eigenvalue weighted by atomic mass is 16.3. The molecule has 1 aromatic heterocycles. The van der Waals surface area contributed by atoms with Crippen molar-refractivity contribution in [2.24, 2.45) is 5.92 Å². The molecule has 3 nitrogen and oxygen atoms in total. The van der Waals surface area contributed by atoms with E-state index in [1.54, 1.807) is 0 Å². The van der Waals surface area contributed by atoms with Crippen LogP contribution in [0.5, 0.6) is 0 Å². The lowest BCUT2D eigenvalue weighted by Gasteiger charge is -2.37. The molecule has 11 rings (SSSR count). The number of aryl methyl sites for hydroxylation is 1. The molecule has 0 saturated heterocycles. The molecule has 1 aliphatic rings. The van der Waals surface area contributed by atoms with Gasteiger partial charge in [-0.25, -0.2) is 0 Å². The Balaban J connectivity index is 1.20. The Morgan fingerprint density at radius 3 is 1.52 bits per heavy atom. The summed E-state index contributed by atoms with van der Waals surface area (Å²) >= 11 is 0. The molecule has 10 aromatic rings. The molecule has 1 aliphatic carbocycles. The van der Waals surface area contributed by atoms with E-state index in [0.29, 0.717) is 0 Å². The van der Waals surface area contributed by atoms with Crippen LogP contribution in [0.15, 0.2) is 222 Å². The maximum atomic E-state index is 7.16. The second-order valence-electron chi connectivity index (χ2n) is 16.7. The van der Waals surface area contributed by atoms with Crippen LogP contribution in [0.2, 0.25) is 0 Å². The molecule has 2 atom stereocenters. The molecule has 0 radical (unpaired) electrons. The van der Waals surface area contributed by atoms with Gasteiger partial charge in [0.05, 0.1) is 17.4 Å². The maximum absolute atomic E-state index is 7.16. The zero-order valence-electron chi connectivity index (χ0n) is 35.2. The molecule has 9 aromatic carbocycles. The molecule has 0 saturated carbocycles. The molecule has 1 heterocycles. The van der Waals surface area contributed by atoms with Crippen LogP contribution in [-0.4, -0.2) is 6.04 Å². The summed E-state index contributed by atoms with van der Waals surface area (Å²) in [6.07, 6.45) is 7.04. The monoisotopic (exact) mass is 798 g/mol. The fourth-order valence-electron chi connectivity index (χ4n) is 9.56. The molecule has 0 bridgehead atoms. The molecule has 0 aliphatic heterocycles. The summed E-state index contributed by atoms with van der Waals surface area (Å²) in [6.45, 7) is 6.71. The van der Waals surface area contributed by atoms with Crippen molar-refractivity contribution in [2.45, 2.75) is 26.8 Å². The Labute approximate surface area is 363 Å². The molecule has 3 heteroatoms. The van der Waals surface area contributed by atoms with Crippen LogP contribution in [-0.2, 0) is 0 Å². The Morgan fingerprint density at radius 1 is 0.419 bits per heavy atom. The first kappa shape index (κ1) is 37.4. The van der Waals surface area contributed by atoms with Crippen LogP contribution in [0, 0.1) is 12.8 Å². The number of fused-ring (bicyclic) bond motifs is 7. The average molecular weight is 799 g/mol. The molecule has 0 amide bonds.